The van der Waals surface area contributed by atoms with Gasteiger partial charge < -0.3 is 5.73 Å². The van der Waals surface area contributed by atoms with Crippen LogP contribution in [0.15, 0.2) is 24.3 Å². The highest BCUT2D eigenvalue weighted by atomic mass is 32.1. The lowest BCUT2D eigenvalue weighted by molar-refractivity contribution is 1.13. The SMILES string of the molecule is Cc1nc(C)c(Cc2cccc(N)c2)s1. The van der Waals surface area contributed by atoms with Gasteiger partial charge in [0.15, 0.2) is 0 Å². The van der Waals surface area contributed by atoms with Crippen molar-refractivity contribution in [2.45, 2.75) is 20.3 Å². The second kappa shape index (κ2) is 4.03. The zero-order valence-electron chi connectivity index (χ0n) is 8.95. The fourth-order valence-corrected chi connectivity index (χ4v) is 2.60. The quantitative estimate of drug-likeness (QED) is 0.787. The van der Waals surface area contributed by atoms with Crippen molar-refractivity contribution in [3.8, 4) is 0 Å². The van der Waals surface area contributed by atoms with Crippen LogP contribution >= 0.6 is 11.3 Å². The van der Waals surface area contributed by atoms with E-state index in [0.717, 1.165) is 22.8 Å². The molecule has 0 spiro atoms. The normalized spacial score (nSPS) is 10.5. The molecular formula is C12H14N2S. The monoisotopic (exact) mass is 218 g/mol. The van der Waals surface area contributed by atoms with Crippen LogP contribution in [0.4, 0.5) is 5.69 Å². The zero-order chi connectivity index (χ0) is 10.8. The summed E-state index contributed by atoms with van der Waals surface area (Å²) in [5, 5.41) is 1.13. The fraction of sp³-hybridized carbons (Fsp3) is 0.250. The Hall–Kier alpha value is -1.35. The van der Waals surface area contributed by atoms with E-state index < -0.39 is 0 Å². The van der Waals surface area contributed by atoms with E-state index in [9.17, 15) is 0 Å². The molecule has 78 valence electrons. The first-order valence-electron chi connectivity index (χ1n) is 4.92. The van der Waals surface area contributed by atoms with Crippen LogP contribution in [0, 0.1) is 13.8 Å². The van der Waals surface area contributed by atoms with Gasteiger partial charge in [0.2, 0.25) is 0 Å². The predicted molar refractivity (Wildman–Crippen MR) is 65.2 cm³/mol. The Morgan fingerprint density at radius 3 is 2.73 bits per heavy atom. The molecule has 0 saturated heterocycles. The summed E-state index contributed by atoms with van der Waals surface area (Å²) in [6.07, 6.45) is 0.933. The van der Waals surface area contributed by atoms with Gasteiger partial charge in [0, 0.05) is 17.0 Å². The molecule has 0 saturated carbocycles. The van der Waals surface area contributed by atoms with Crippen LogP contribution in [0.1, 0.15) is 21.1 Å². The first-order valence-corrected chi connectivity index (χ1v) is 5.74. The molecule has 15 heavy (non-hydrogen) atoms. The van der Waals surface area contributed by atoms with Gasteiger partial charge in [-0.25, -0.2) is 4.98 Å². The van der Waals surface area contributed by atoms with E-state index in [2.05, 4.69) is 18.0 Å². The number of thiazole rings is 1. The Kier molecular flexibility index (Phi) is 2.73. The molecule has 0 unspecified atom stereocenters. The minimum atomic E-state index is 0.825. The maximum Gasteiger partial charge on any atom is 0.0900 e. The molecule has 1 aromatic carbocycles. The summed E-state index contributed by atoms with van der Waals surface area (Å²) in [7, 11) is 0. The van der Waals surface area contributed by atoms with Crippen LogP contribution in [0.2, 0.25) is 0 Å². The van der Waals surface area contributed by atoms with Crippen molar-refractivity contribution in [1.82, 2.24) is 4.98 Å². The van der Waals surface area contributed by atoms with Gasteiger partial charge >= 0.3 is 0 Å². The highest BCUT2D eigenvalue weighted by molar-refractivity contribution is 7.11. The van der Waals surface area contributed by atoms with Crippen LogP contribution in [0.5, 0.6) is 0 Å². The first-order chi connectivity index (χ1) is 7.15. The molecule has 0 fully saturated rings. The first kappa shape index (κ1) is 10.2. The zero-order valence-corrected chi connectivity index (χ0v) is 9.77. The third-order valence-electron chi connectivity index (χ3n) is 2.32. The number of hydrogen-bond acceptors (Lipinski definition) is 3. The summed E-state index contributed by atoms with van der Waals surface area (Å²) in [4.78, 5) is 5.75. The molecule has 0 aliphatic rings. The minimum absolute atomic E-state index is 0.825. The van der Waals surface area contributed by atoms with Gasteiger partial charge in [-0.3, -0.25) is 0 Å². The third kappa shape index (κ3) is 2.36. The summed E-state index contributed by atoms with van der Waals surface area (Å²) >= 11 is 1.76. The van der Waals surface area contributed by atoms with Gasteiger partial charge in [-0.2, -0.15) is 0 Å². The van der Waals surface area contributed by atoms with E-state index in [1.165, 1.54) is 10.4 Å². The average molecular weight is 218 g/mol. The van der Waals surface area contributed by atoms with Crippen molar-refractivity contribution >= 4 is 17.0 Å². The van der Waals surface area contributed by atoms with E-state index in [1.54, 1.807) is 11.3 Å². The molecule has 0 bridgehead atoms. The van der Waals surface area contributed by atoms with Crippen LogP contribution in [-0.2, 0) is 6.42 Å². The second-order valence-corrected chi connectivity index (χ2v) is 4.95. The van der Waals surface area contributed by atoms with Crippen molar-refractivity contribution in [2.75, 3.05) is 5.73 Å². The largest absolute Gasteiger partial charge is 0.399 e. The molecule has 0 amide bonds. The molecule has 2 rings (SSSR count). The lowest BCUT2D eigenvalue weighted by Crippen LogP contribution is -1.90. The number of anilines is 1. The number of aryl methyl sites for hydroxylation is 2. The van der Waals surface area contributed by atoms with Crippen LogP contribution in [0.3, 0.4) is 0 Å². The summed E-state index contributed by atoms with van der Waals surface area (Å²) < 4.78 is 0. The predicted octanol–water partition coefficient (Wildman–Crippen LogP) is 2.93. The minimum Gasteiger partial charge on any atom is -0.399 e. The topological polar surface area (TPSA) is 38.9 Å². The summed E-state index contributed by atoms with van der Waals surface area (Å²) in [6, 6.07) is 8.03. The van der Waals surface area contributed by atoms with Crippen LogP contribution < -0.4 is 5.73 Å². The Morgan fingerprint density at radius 1 is 1.33 bits per heavy atom. The van der Waals surface area contributed by atoms with E-state index in [4.69, 9.17) is 5.73 Å². The van der Waals surface area contributed by atoms with Crippen molar-refractivity contribution in [1.29, 1.82) is 0 Å². The number of rotatable bonds is 2. The van der Waals surface area contributed by atoms with Crippen molar-refractivity contribution in [2.24, 2.45) is 0 Å². The smallest absolute Gasteiger partial charge is 0.0900 e. The lowest BCUT2D eigenvalue weighted by Gasteiger charge is -2.00. The Balaban J connectivity index is 2.25. The number of benzene rings is 1. The highest BCUT2D eigenvalue weighted by Crippen LogP contribution is 2.21. The molecule has 1 heterocycles. The highest BCUT2D eigenvalue weighted by Gasteiger charge is 2.05. The Labute approximate surface area is 93.8 Å². The molecule has 3 heteroatoms. The molecule has 0 aliphatic heterocycles. The molecule has 1 aromatic heterocycles. The number of nitrogens with two attached hydrogens (primary N) is 1. The summed E-state index contributed by atoms with van der Waals surface area (Å²) in [5.74, 6) is 0. The van der Waals surface area contributed by atoms with E-state index in [-0.39, 0.29) is 0 Å². The molecule has 2 nitrogen and oxygen atoms in total. The van der Waals surface area contributed by atoms with Gasteiger partial charge in [-0.05, 0) is 31.5 Å². The average Bonchev–Trinajstić information content (AvgIpc) is 2.45. The van der Waals surface area contributed by atoms with E-state index in [0.29, 0.717) is 0 Å². The molecule has 0 radical (unpaired) electrons. The molecule has 2 aromatic rings. The number of aromatic nitrogens is 1. The van der Waals surface area contributed by atoms with Gasteiger partial charge in [0.1, 0.15) is 0 Å². The van der Waals surface area contributed by atoms with Gasteiger partial charge in [0.25, 0.3) is 0 Å². The number of hydrogen-bond donors (Lipinski definition) is 1. The molecule has 0 atom stereocenters. The van der Waals surface area contributed by atoms with Crippen LogP contribution in [0.25, 0.3) is 0 Å². The van der Waals surface area contributed by atoms with Gasteiger partial charge in [0.05, 0.1) is 10.7 Å². The van der Waals surface area contributed by atoms with Gasteiger partial charge in [-0.15, -0.1) is 11.3 Å². The Morgan fingerprint density at radius 2 is 2.13 bits per heavy atom. The summed E-state index contributed by atoms with van der Waals surface area (Å²) in [6.45, 7) is 4.10. The van der Waals surface area contributed by atoms with Crippen molar-refractivity contribution in [3.05, 3.63) is 45.4 Å². The second-order valence-electron chi connectivity index (χ2n) is 3.66. The maximum atomic E-state index is 5.74. The van der Waals surface area contributed by atoms with E-state index in [1.807, 2.05) is 25.1 Å². The number of nitrogen functional groups attached to an aromatic ring is 1. The van der Waals surface area contributed by atoms with Crippen LogP contribution in [-0.4, -0.2) is 4.98 Å². The van der Waals surface area contributed by atoms with E-state index >= 15 is 0 Å². The fourth-order valence-electron chi connectivity index (χ4n) is 1.63. The number of nitrogens with zero attached hydrogens (tertiary/aromatic N) is 1. The lowest BCUT2D eigenvalue weighted by atomic mass is 10.1. The van der Waals surface area contributed by atoms with Crippen molar-refractivity contribution in [3.63, 3.8) is 0 Å². The molecule has 2 N–H and O–H groups in total. The summed E-state index contributed by atoms with van der Waals surface area (Å²) in [5.41, 5.74) is 8.96. The third-order valence-corrected chi connectivity index (χ3v) is 3.39. The molecular weight excluding hydrogens is 204 g/mol. The Bertz CT molecular complexity index is 474. The maximum absolute atomic E-state index is 5.74. The standard InChI is InChI=1S/C12H14N2S/c1-8-12(15-9(2)14-8)7-10-4-3-5-11(13)6-10/h3-6H,7,13H2,1-2H3. The van der Waals surface area contributed by atoms with Crippen molar-refractivity contribution < 1.29 is 0 Å². The van der Waals surface area contributed by atoms with Gasteiger partial charge in [-0.1, -0.05) is 12.1 Å². The molecule has 0 aliphatic carbocycles.